The summed E-state index contributed by atoms with van der Waals surface area (Å²) in [6.07, 6.45) is 0. The fraction of sp³-hybridized carbons (Fsp3) is 0.0417. The quantitative estimate of drug-likeness (QED) is 0.427. The number of nitrogens with two attached hydrogens (primary N) is 1. The van der Waals surface area contributed by atoms with Crippen molar-refractivity contribution in [1.29, 1.82) is 0 Å². The summed E-state index contributed by atoms with van der Waals surface area (Å²) in [6, 6.07) is 26.7. The van der Waals surface area contributed by atoms with Crippen molar-refractivity contribution < 1.29 is 4.79 Å². The van der Waals surface area contributed by atoms with Gasteiger partial charge >= 0.3 is 0 Å². The highest BCUT2D eigenvalue weighted by atomic mass is 32.2. The Morgan fingerprint density at radius 3 is 2.17 bits per heavy atom. The minimum absolute atomic E-state index is 0.225. The number of benzene rings is 3. The summed E-state index contributed by atoms with van der Waals surface area (Å²) in [7, 11) is 0. The summed E-state index contributed by atoms with van der Waals surface area (Å²) in [5.74, 6) is 0.482. The van der Waals surface area contributed by atoms with E-state index in [1.165, 1.54) is 11.8 Å². The van der Waals surface area contributed by atoms with E-state index in [4.69, 9.17) is 10.7 Å². The summed E-state index contributed by atoms with van der Waals surface area (Å²) in [5, 5.41) is 3.48. The number of hydrogen-bond acceptors (Lipinski definition) is 5. The van der Waals surface area contributed by atoms with Gasteiger partial charge in [0.05, 0.1) is 0 Å². The van der Waals surface area contributed by atoms with Crippen LogP contribution in [0.4, 0.5) is 11.5 Å². The summed E-state index contributed by atoms with van der Waals surface area (Å²) >= 11 is 1.43. The highest BCUT2D eigenvalue weighted by Crippen LogP contribution is 2.36. The number of anilines is 2. The zero-order valence-electron chi connectivity index (χ0n) is 16.4. The molecule has 0 aliphatic carbocycles. The van der Waals surface area contributed by atoms with Crippen molar-refractivity contribution in [2.24, 2.45) is 0 Å². The fourth-order valence-electron chi connectivity index (χ4n) is 2.86. The van der Waals surface area contributed by atoms with E-state index in [0.717, 1.165) is 16.0 Å². The zero-order valence-corrected chi connectivity index (χ0v) is 17.2. The van der Waals surface area contributed by atoms with Crippen LogP contribution in [0.1, 0.15) is 15.9 Å². The molecular formula is C24H20N4OS. The van der Waals surface area contributed by atoms with Gasteiger partial charge in [-0.05, 0) is 31.2 Å². The molecule has 0 saturated carbocycles. The van der Waals surface area contributed by atoms with Gasteiger partial charge in [0.15, 0.2) is 11.6 Å². The van der Waals surface area contributed by atoms with Crippen LogP contribution in [0.3, 0.4) is 0 Å². The normalized spacial score (nSPS) is 10.6. The Bertz CT molecular complexity index is 1160. The molecule has 0 radical (unpaired) electrons. The first-order valence-corrected chi connectivity index (χ1v) is 10.3. The van der Waals surface area contributed by atoms with Gasteiger partial charge < -0.3 is 11.1 Å². The number of carbonyl (C=O) groups excluding carboxylic acids is 1. The van der Waals surface area contributed by atoms with Crippen molar-refractivity contribution in [2.75, 3.05) is 11.1 Å². The summed E-state index contributed by atoms with van der Waals surface area (Å²) < 4.78 is 0. The Balaban J connectivity index is 1.75. The largest absolute Gasteiger partial charge is 0.382 e. The van der Waals surface area contributed by atoms with Gasteiger partial charge in [0, 0.05) is 16.0 Å². The van der Waals surface area contributed by atoms with Gasteiger partial charge in [0.1, 0.15) is 10.7 Å². The molecule has 6 heteroatoms. The molecule has 4 aromatic rings. The maximum atomic E-state index is 12.7. The van der Waals surface area contributed by atoms with Crippen LogP contribution >= 0.6 is 11.8 Å². The Labute approximate surface area is 179 Å². The van der Waals surface area contributed by atoms with Gasteiger partial charge in [-0.1, -0.05) is 78.0 Å². The van der Waals surface area contributed by atoms with Gasteiger partial charge in [-0.25, -0.2) is 9.97 Å². The van der Waals surface area contributed by atoms with E-state index < -0.39 is 0 Å². The summed E-state index contributed by atoms with van der Waals surface area (Å²) in [6.45, 7) is 2.03. The number of nitrogens with zero attached hydrogens (tertiary/aromatic N) is 2. The molecule has 3 N–H and O–H groups in total. The van der Waals surface area contributed by atoms with Crippen molar-refractivity contribution in [3.05, 3.63) is 96.1 Å². The molecule has 0 unspecified atom stereocenters. The van der Waals surface area contributed by atoms with E-state index in [-0.39, 0.29) is 11.7 Å². The number of aromatic nitrogens is 2. The van der Waals surface area contributed by atoms with Gasteiger partial charge in [0.25, 0.3) is 5.91 Å². The molecule has 30 heavy (non-hydrogen) atoms. The minimum atomic E-state index is -0.260. The van der Waals surface area contributed by atoms with E-state index in [9.17, 15) is 4.79 Å². The van der Waals surface area contributed by atoms with E-state index in [1.807, 2.05) is 79.7 Å². The standard InChI is InChI=1S/C24H20N4OS/c1-16-12-14-17(15-13-16)22-27-21(25)20(26-23(29)18-8-4-2-5-9-18)24(28-22)30-19-10-6-3-7-11-19/h2-15H,1H3,(H,26,29)(H2,25,27,28). The highest BCUT2D eigenvalue weighted by molar-refractivity contribution is 7.99. The van der Waals surface area contributed by atoms with Gasteiger partial charge in [-0.2, -0.15) is 0 Å². The third-order valence-corrected chi connectivity index (χ3v) is 5.44. The van der Waals surface area contributed by atoms with Crippen molar-refractivity contribution in [3.8, 4) is 11.4 Å². The van der Waals surface area contributed by atoms with Crippen molar-refractivity contribution in [3.63, 3.8) is 0 Å². The fourth-order valence-corrected chi connectivity index (χ4v) is 3.76. The van der Waals surface area contributed by atoms with Crippen LogP contribution < -0.4 is 11.1 Å². The number of rotatable bonds is 5. The van der Waals surface area contributed by atoms with Crippen molar-refractivity contribution in [2.45, 2.75) is 16.8 Å². The van der Waals surface area contributed by atoms with Crippen molar-refractivity contribution >= 4 is 29.2 Å². The van der Waals surface area contributed by atoms with E-state index in [0.29, 0.717) is 22.1 Å². The number of aryl methyl sites for hydroxylation is 1. The van der Waals surface area contributed by atoms with E-state index in [1.54, 1.807) is 12.1 Å². The van der Waals surface area contributed by atoms with Gasteiger partial charge in [-0.15, -0.1) is 0 Å². The average molecular weight is 413 g/mol. The number of nitrogen functional groups attached to an aromatic ring is 1. The highest BCUT2D eigenvalue weighted by Gasteiger charge is 2.18. The van der Waals surface area contributed by atoms with Crippen LogP contribution in [0.25, 0.3) is 11.4 Å². The van der Waals surface area contributed by atoms with Crippen LogP contribution in [0, 0.1) is 6.92 Å². The predicted molar refractivity (Wildman–Crippen MR) is 122 cm³/mol. The SMILES string of the molecule is Cc1ccc(-c2nc(N)c(NC(=O)c3ccccc3)c(Sc3ccccc3)n2)cc1. The lowest BCUT2D eigenvalue weighted by Gasteiger charge is -2.14. The second kappa shape index (κ2) is 8.80. The molecule has 5 nitrogen and oxygen atoms in total. The molecule has 1 amide bonds. The zero-order chi connectivity index (χ0) is 20.9. The molecule has 0 aliphatic heterocycles. The lowest BCUT2D eigenvalue weighted by Crippen LogP contribution is -2.15. The maximum absolute atomic E-state index is 12.7. The van der Waals surface area contributed by atoms with Crippen LogP contribution in [0.2, 0.25) is 0 Å². The Hall–Kier alpha value is -3.64. The first-order chi connectivity index (χ1) is 14.6. The Morgan fingerprint density at radius 1 is 0.867 bits per heavy atom. The second-order valence-electron chi connectivity index (χ2n) is 6.71. The number of carbonyl (C=O) groups is 1. The first-order valence-electron chi connectivity index (χ1n) is 9.44. The molecule has 148 valence electrons. The Kier molecular flexibility index (Phi) is 5.77. The monoisotopic (exact) mass is 412 g/mol. The molecule has 0 bridgehead atoms. The summed E-state index contributed by atoms with van der Waals surface area (Å²) in [4.78, 5) is 22.9. The van der Waals surface area contributed by atoms with Crippen LogP contribution in [-0.2, 0) is 0 Å². The minimum Gasteiger partial charge on any atom is -0.382 e. The maximum Gasteiger partial charge on any atom is 0.255 e. The molecule has 0 atom stereocenters. The predicted octanol–water partition coefficient (Wildman–Crippen LogP) is 5.44. The van der Waals surface area contributed by atoms with E-state index in [2.05, 4.69) is 10.3 Å². The molecular weight excluding hydrogens is 392 g/mol. The molecule has 0 saturated heterocycles. The lowest BCUT2D eigenvalue weighted by atomic mass is 10.1. The second-order valence-corrected chi connectivity index (χ2v) is 7.78. The lowest BCUT2D eigenvalue weighted by molar-refractivity contribution is 0.102. The third-order valence-electron chi connectivity index (χ3n) is 4.45. The van der Waals surface area contributed by atoms with E-state index >= 15 is 0 Å². The molecule has 3 aromatic carbocycles. The molecule has 0 aliphatic rings. The number of hydrogen-bond donors (Lipinski definition) is 2. The molecule has 0 fully saturated rings. The van der Waals surface area contributed by atoms with Gasteiger partial charge in [0.2, 0.25) is 0 Å². The smallest absolute Gasteiger partial charge is 0.255 e. The average Bonchev–Trinajstić information content (AvgIpc) is 2.77. The molecule has 0 spiro atoms. The topological polar surface area (TPSA) is 80.9 Å². The third kappa shape index (κ3) is 4.50. The Morgan fingerprint density at radius 2 is 1.50 bits per heavy atom. The molecule has 1 aromatic heterocycles. The van der Waals surface area contributed by atoms with Gasteiger partial charge in [-0.3, -0.25) is 4.79 Å². The molecule has 4 rings (SSSR count). The molecule has 1 heterocycles. The van der Waals surface area contributed by atoms with Crippen LogP contribution in [-0.4, -0.2) is 15.9 Å². The van der Waals surface area contributed by atoms with Crippen LogP contribution in [0.15, 0.2) is 94.9 Å². The summed E-state index contributed by atoms with van der Waals surface area (Å²) in [5.41, 5.74) is 9.25. The van der Waals surface area contributed by atoms with Crippen molar-refractivity contribution in [1.82, 2.24) is 9.97 Å². The number of nitrogens with one attached hydrogen (secondary N) is 1. The first kappa shape index (κ1) is 19.7. The van der Waals surface area contributed by atoms with Crippen LogP contribution in [0.5, 0.6) is 0 Å². The number of amides is 1.